The SMILES string of the molecule is CCCCCCCCCCCCCCCCCCCCC(=O)O[C@H](COC(=O)CCCCCCCCCCCCCCC(C)C)COP(=O)(O)OC[C@@H](O)COP(=O)(O)OC[C@@H](COC(=O)CCCCCCCCCCCC)OC(=O)CCCCCCCCCCCCCC(C)C. The van der Waals surface area contributed by atoms with Gasteiger partial charge < -0.3 is 33.8 Å². The number of rotatable bonds is 77. The van der Waals surface area contributed by atoms with Gasteiger partial charge in [0.1, 0.15) is 19.3 Å². The summed E-state index contributed by atoms with van der Waals surface area (Å²) in [5.41, 5.74) is 0. The smallest absolute Gasteiger partial charge is 0.462 e. The summed E-state index contributed by atoms with van der Waals surface area (Å²) < 4.78 is 68.6. The van der Waals surface area contributed by atoms with Crippen LogP contribution in [0.4, 0.5) is 0 Å². The molecule has 0 aliphatic carbocycles. The van der Waals surface area contributed by atoms with Crippen molar-refractivity contribution in [3.05, 3.63) is 0 Å². The number of phosphoric ester groups is 2. The lowest BCUT2D eigenvalue weighted by Gasteiger charge is -2.21. The summed E-state index contributed by atoms with van der Waals surface area (Å²) in [6.45, 7) is 9.62. The van der Waals surface area contributed by atoms with E-state index >= 15 is 0 Å². The average Bonchev–Trinajstić information content (AvgIpc) is 1.04. The number of carbonyl (C=O) groups is 4. The molecule has 0 aromatic rings. The summed E-state index contributed by atoms with van der Waals surface area (Å²) in [6, 6.07) is 0. The monoisotopic (exact) mass is 1420 g/mol. The van der Waals surface area contributed by atoms with E-state index in [4.69, 9.17) is 37.0 Å². The van der Waals surface area contributed by atoms with Crippen LogP contribution < -0.4 is 0 Å². The van der Waals surface area contributed by atoms with Crippen LogP contribution in [0.15, 0.2) is 0 Å². The highest BCUT2D eigenvalue weighted by atomic mass is 31.2. The van der Waals surface area contributed by atoms with Crippen molar-refractivity contribution in [2.24, 2.45) is 11.8 Å². The van der Waals surface area contributed by atoms with Gasteiger partial charge in [-0.25, -0.2) is 9.13 Å². The van der Waals surface area contributed by atoms with Crippen LogP contribution >= 0.6 is 15.6 Å². The van der Waals surface area contributed by atoms with Gasteiger partial charge in [0.15, 0.2) is 12.2 Å². The first-order valence-electron chi connectivity index (χ1n) is 40.5. The van der Waals surface area contributed by atoms with Crippen molar-refractivity contribution < 1.29 is 80.2 Å². The Morgan fingerprint density at radius 2 is 0.474 bits per heavy atom. The highest BCUT2D eigenvalue weighted by Gasteiger charge is 2.30. The molecule has 576 valence electrons. The van der Waals surface area contributed by atoms with Gasteiger partial charge in [0, 0.05) is 25.7 Å². The van der Waals surface area contributed by atoms with Gasteiger partial charge in [-0.2, -0.15) is 0 Å². The number of esters is 4. The number of hydrogen-bond donors (Lipinski definition) is 3. The molecule has 0 aromatic carbocycles. The van der Waals surface area contributed by atoms with E-state index in [1.54, 1.807) is 0 Å². The maximum atomic E-state index is 13.1. The van der Waals surface area contributed by atoms with E-state index in [-0.39, 0.29) is 25.7 Å². The van der Waals surface area contributed by atoms with Crippen molar-refractivity contribution in [3.63, 3.8) is 0 Å². The minimum atomic E-state index is -4.96. The highest BCUT2D eigenvalue weighted by molar-refractivity contribution is 7.47. The van der Waals surface area contributed by atoms with Crippen LogP contribution in [-0.2, 0) is 65.4 Å². The van der Waals surface area contributed by atoms with Crippen LogP contribution in [0.2, 0.25) is 0 Å². The van der Waals surface area contributed by atoms with E-state index in [2.05, 4.69) is 41.5 Å². The van der Waals surface area contributed by atoms with E-state index in [0.29, 0.717) is 25.7 Å². The molecular formula is C78H152O17P2. The predicted octanol–water partition coefficient (Wildman–Crippen LogP) is 23.1. The molecule has 0 heterocycles. The molecule has 0 bridgehead atoms. The maximum absolute atomic E-state index is 13.1. The van der Waals surface area contributed by atoms with Gasteiger partial charge in [-0.05, 0) is 37.5 Å². The number of phosphoric acid groups is 2. The van der Waals surface area contributed by atoms with Gasteiger partial charge in [-0.3, -0.25) is 37.3 Å². The third-order valence-electron chi connectivity index (χ3n) is 18.2. The van der Waals surface area contributed by atoms with Crippen molar-refractivity contribution in [1.82, 2.24) is 0 Å². The van der Waals surface area contributed by atoms with Crippen LogP contribution in [0.1, 0.15) is 408 Å². The molecule has 0 radical (unpaired) electrons. The third kappa shape index (κ3) is 72.2. The molecule has 97 heavy (non-hydrogen) atoms. The standard InChI is InChI=1S/C78H152O17P2/c1-7-9-11-13-15-17-19-20-21-22-23-24-25-32-38-44-50-56-62-77(82)94-74(67-89-76(81)61-55-49-43-37-31-27-26-29-34-40-46-52-58-70(3)4)69-93-97(86,87)91-65-72(79)64-90-96(84,85)92-68-73(66-88-75(80)60-54-48-42-36-18-16-14-12-10-8-2)95-78(83)63-57-51-45-39-33-28-30-35-41-47-53-59-71(5)6/h70-74,79H,7-69H2,1-6H3,(H,84,85)(H,86,87)/t72-,73+,74+/m0/s1. The predicted molar refractivity (Wildman–Crippen MR) is 395 cm³/mol. The van der Waals surface area contributed by atoms with Crippen molar-refractivity contribution in [3.8, 4) is 0 Å². The van der Waals surface area contributed by atoms with Crippen LogP contribution in [-0.4, -0.2) is 96.7 Å². The second-order valence-electron chi connectivity index (χ2n) is 29.1. The Labute approximate surface area is 594 Å². The minimum Gasteiger partial charge on any atom is -0.462 e. The fraction of sp³-hybridized carbons (Fsp3) is 0.949. The zero-order chi connectivity index (χ0) is 71.4. The molecule has 17 nitrogen and oxygen atoms in total. The van der Waals surface area contributed by atoms with Gasteiger partial charge in [0.2, 0.25) is 0 Å². The van der Waals surface area contributed by atoms with E-state index < -0.39 is 97.5 Å². The van der Waals surface area contributed by atoms with E-state index in [1.165, 1.54) is 225 Å². The fourth-order valence-electron chi connectivity index (χ4n) is 12.0. The third-order valence-corrected chi connectivity index (χ3v) is 20.1. The van der Waals surface area contributed by atoms with Gasteiger partial charge >= 0.3 is 39.5 Å². The second-order valence-corrected chi connectivity index (χ2v) is 32.0. The zero-order valence-electron chi connectivity index (χ0n) is 63.4. The normalized spacial score (nSPS) is 14.0. The van der Waals surface area contributed by atoms with Crippen LogP contribution in [0.25, 0.3) is 0 Å². The Hall–Kier alpha value is -1.94. The molecule has 0 aliphatic heterocycles. The lowest BCUT2D eigenvalue weighted by Crippen LogP contribution is -2.30. The molecule has 0 aromatic heterocycles. The van der Waals surface area contributed by atoms with Gasteiger partial charge in [0.05, 0.1) is 26.4 Å². The van der Waals surface area contributed by atoms with Crippen LogP contribution in [0.5, 0.6) is 0 Å². The first kappa shape index (κ1) is 95.1. The molecule has 0 fully saturated rings. The van der Waals surface area contributed by atoms with E-state index in [0.717, 1.165) is 102 Å². The Morgan fingerprint density at radius 1 is 0.278 bits per heavy atom. The Bertz CT molecular complexity index is 1870. The molecule has 0 amide bonds. The topological polar surface area (TPSA) is 237 Å². The summed E-state index contributed by atoms with van der Waals surface area (Å²) in [5.74, 6) is -0.564. The number of aliphatic hydroxyl groups is 1. The lowest BCUT2D eigenvalue weighted by atomic mass is 10.0. The molecule has 19 heteroatoms. The maximum Gasteiger partial charge on any atom is 0.472 e. The van der Waals surface area contributed by atoms with Crippen molar-refractivity contribution in [2.75, 3.05) is 39.6 Å². The molecule has 2 unspecified atom stereocenters. The molecule has 3 N–H and O–H groups in total. The van der Waals surface area contributed by atoms with Crippen molar-refractivity contribution in [2.45, 2.75) is 426 Å². The summed E-state index contributed by atoms with van der Waals surface area (Å²) in [6.07, 6.45) is 58.2. The summed E-state index contributed by atoms with van der Waals surface area (Å²) in [5, 5.41) is 10.6. The molecule has 5 atom stereocenters. The second kappa shape index (κ2) is 69.8. The number of ether oxygens (including phenoxy) is 4. The molecule has 0 rings (SSSR count). The number of aliphatic hydroxyl groups excluding tert-OH is 1. The van der Waals surface area contributed by atoms with Gasteiger partial charge in [0.25, 0.3) is 0 Å². The molecule has 0 saturated carbocycles. The van der Waals surface area contributed by atoms with Crippen LogP contribution in [0, 0.1) is 11.8 Å². The number of hydrogen-bond acceptors (Lipinski definition) is 15. The molecule has 0 saturated heterocycles. The summed E-state index contributed by atoms with van der Waals surface area (Å²) in [7, 11) is -9.91. The Morgan fingerprint density at radius 3 is 0.701 bits per heavy atom. The largest absolute Gasteiger partial charge is 0.472 e. The number of carbonyl (C=O) groups excluding carboxylic acids is 4. The van der Waals surface area contributed by atoms with Crippen LogP contribution in [0.3, 0.4) is 0 Å². The van der Waals surface area contributed by atoms with Gasteiger partial charge in [-0.15, -0.1) is 0 Å². The van der Waals surface area contributed by atoms with Gasteiger partial charge in [-0.1, -0.05) is 356 Å². The summed E-state index contributed by atoms with van der Waals surface area (Å²) in [4.78, 5) is 72.9. The first-order valence-corrected chi connectivity index (χ1v) is 43.5. The first-order chi connectivity index (χ1) is 46.9. The lowest BCUT2D eigenvalue weighted by molar-refractivity contribution is -0.161. The fourth-order valence-corrected chi connectivity index (χ4v) is 13.6. The summed E-state index contributed by atoms with van der Waals surface area (Å²) >= 11 is 0. The highest BCUT2D eigenvalue weighted by Crippen LogP contribution is 2.45. The van der Waals surface area contributed by atoms with Crippen molar-refractivity contribution >= 4 is 39.5 Å². The van der Waals surface area contributed by atoms with E-state index in [1.807, 2.05) is 0 Å². The zero-order valence-corrected chi connectivity index (χ0v) is 65.2. The molecular weight excluding hydrogens is 1270 g/mol. The van der Waals surface area contributed by atoms with Crippen molar-refractivity contribution in [1.29, 1.82) is 0 Å². The van der Waals surface area contributed by atoms with E-state index in [9.17, 15) is 43.2 Å². The quantitative estimate of drug-likeness (QED) is 0.0222. The minimum absolute atomic E-state index is 0.107. The molecule has 0 aliphatic rings. The molecule has 0 spiro atoms. The Balaban J connectivity index is 5.24. The Kier molecular flexibility index (Phi) is 68.4. The number of unbranched alkanes of at least 4 members (excludes halogenated alkanes) is 47. The average molecular weight is 1420 g/mol.